The molecule has 0 radical (unpaired) electrons. The molecular formula is C25H17Cl2N3O2. The Morgan fingerprint density at radius 3 is 2.59 bits per heavy atom. The lowest BCUT2D eigenvalue weighted by molar-refractivity contribution is -0.112. The molecule has 1 amide bonds. The van der Waals surface area contributed by atoms with Gasteiger partial charge in [0.1, 0.15) is 24.0 Å². The van der Waals surface area contributed by atoms with Crippen molar-refractivity contribution < 1.29 is 9.53 Å². The Labute approximate surface area is 196 Å². The molecule has 0 bridgehead atoms. The molecule has 1 N–H and O–H groups in total. The van der Waals surface area contributed by atoms with Crippen molar-refractivity contribution in [2.75, 3.05) is 5.32 Å². The van der Waals surface area contributed by atoms with Crippen molar-refractivity contribution in [2.45, 2.75) is 13.5 Å². The van der Waals surface area contributed by atoms with Gasteiger partial charge in [0.25, 0.3) is 5.91 Å². The van der Waals surface area contributed by atoms with Gasteiger partial charge in [0.05, 0.1) is 16.7 Å². The van der Waals surface area contributed by atoms with E-state index in [2.05, 4.69) is 11.4 Å². The van der Waals surface area contributed by atoms with Crippen molar-refractivity contribution in [3.8, 4) is 17.9 Å². The molecule has 0 fully saturated rings. The maximum absolute atomic E-state index is 12.6. The number of aryl methyl sites for hydroxylation is 1. The first-order chi connectivity index (χ1) is 15.4. The third-order valence-electron chi connectivity index (χ3n) is 4.60. The minimum atomic E-state index is -0.553. The van der Waals surface area contributed by atoms with Gasteiger partial charge < -0.3 is 10.1 Å². The Morgan fingerprint density at radius 2 is 1.88 bits per heavy atom. The third kappa shape index (κ3) is 5.68. The summed E-state index contributed by atoms with van der Waals surface area (Å²) in [5, 5.41) is 22.1. The number of ether oxygens (including phenoxy) is 1. The molecule has 3 aromatic rings. The summed E-state index contributed by atoms with van der Waals surface area (Å²) < 4.78 is 5.74. The molecule has 0 aromatic heterocycles. The first-order valence-corrected chi connectivity index (χ1v) is 10.3. The molecule has 0 aliphatic rings. The number of amides is 1. The second-order valence-corrected chi connectivity index (χ2v) is 7.67. The standard InChI is InChI=1S/C25H17Cl2N3O2/c1-16-6-8-21(26)12-23(16)30-25(31)20(14-29)10-17-7-9-24(22(27)11-17)32-15-19-5-3-2-4-18(19)13-28/h2-12H,15H2,1H3,(H,30,31)/b20-10+. The Morgan fingerprint density at radius 1 is 1.09 bits per heavy atom. The van der Waals surface area contributed by atoms with E-state index in [0.717, 1.165) is 11.1 Å². The van der Waals surface area contributed by atoms with Crippen LogP contribution in [0, 0.1) is 29.6 Å². The predicted molar refractivity (Wildman–Crippen MR) is 125 cm³/mol. The second-order valence-electron chi connectivity index (χ2n) is 6.83. The van der Waals surface area contributed by atoms with E-state index >= 15 is 0 Å². The van der Waals surface area contributed by atoms with Gasteiger partial charge in [-0.25, -0.2) is 0 Å². The highest BCUT2D eigenvalue weighted by atomic mass is 35.5. The van der Waals surface area contributed by atoms with Crippen LogP contribution in [0.2, 0.25) is 10.0 Å². The molecule has 3 aromatic carbocycles. The number of nitrogens with zero attached hydrogens (tertiary/aromatic N) is 2. The van der Waals surface area contributed by atoms with Crippen molar-refractivity contribution >= 4 is 40.9 Å². The maximum atomic E-state index is 12.6. The first kappa shape index (κ1) is 22.9. The predicted octanol–water partition coefficient (Wildman–Crippen LogP) is 6.30. The summed E-state index contributed by atoms with van der Waals surface area (Å²) in [6.07, 6.45) is 1.44. The van der Waals surface area contributed by atoms with Crippen LogP contribution in [0.5, 0.6) is 5.75 Å². The zero-order chi connectivity index (χ0) is 23.1. The van der Waals surface area contributed by atoms with E-state index in [4.69, 9.17) is 27.9 Å². The summed E-state index contributed by atoms with van der Waals surface area (Å²) in [5.74, 6) is -0.128. The number of hydrogen-bond donors (Lipinski definition) is 1. The highest BCUT2D eigenvalue weighted by molar-refractivity contribution is 6.32. The van der Waals surface area contributed by atoms with Crippen molar-refractivity contribution in [3.05, 3.63) is 98.5 Å². The smallest absolute Gasteiger partial charge is 0.266 e. The molecule has 0 saturated carbocycles. The fourth-order valence-electron chi connectivity index (χ4n) is 2.87. The van der Waals surface area contributed by atoms with Gasteiger partial charge in [-0.05, 0) is 54.5 Å². The SMILES string of the molecule is Cc1ccc(Cl)cc1NC(=O)/C(C#N)=C/c1ccc(OCc2ccccc2C#N)c(Cl)c1. The molecule has 32 heavy (non-hydrogen) atoms. The molecule has 0 unspecified atom stereocenters. The fourth-order valence-corrected chi connectivity index (χ4v) is 3.28. The van der Waals surface area contributed by atoms with Gasteiger partial charge in [-0.1, -0.05) is 53.5 Å². The normalized spacial score (nSPS) is 10.7. The summed E-state index contributed by atoms with van der Waals surface area (Å²) in [4.78, 5) is 12.6. The Bertz CT molecular complexity index is 1290. The van der Waals surface area contributed by atoms with Crippen LogP contribution in [0.4, 0.5) is 5.69 Å². The van der Waals surface area contributed by atoms with E-state index in [-0.39, 0.29) is 12.2 Å². The van der Waals surface area contributed by atoms with Crippen LogP contribution >= 0.6 is 23.2 Å². The number of carbonyl (C=O) groups excluding carboxylic acids is 1. The number of halogens is 2. The van der Waals surface area contributed by atoms with Crippen LogP contribution in [0.15, 0.2) is 66.2 Å². The quantitative estimate of drug-likeness (QED) is 0.344. The summed E-state index contributed by atoms with van der Waals surface area (Å²) in [6.45, 7) is 2.01. The monoisotopic (exact) mass is 461 g/mol. The number of hydrogen-bond acceptors (Lipinski definition) is 4. The van der Waals surface area contributed by atoms with E-state index < -0.39 is 5.91 Å². The van der Waals surface area contributed by atoms with Gasteiger partial charge in [-0.2, -0.15) is 10.5 Å². The minimum absolute atomic E-state index is 0.0861. The summed E-state index contributed by atoms with van der Waals surface area (Å²) in [5.41, 5.74) is 3.11. The van der Waals surface area contributed by atoms with E-state index in [1.807, 2.05) is 25.1 Å². The van der Waals surface area contributed by atoms with E-state index in [1.54, 1.807) is 48.5 Å². The maximum Gasteiger partial charge on any atom is 0.266 e. The zero-order valence-corrected chi connectivity index (χ0v) is 18.5. The van der Waals surface area contributed by atoms with Crippen molar-refractivity contribution in [3.63, 3.8) is 0 Å². The third-order valence-corrected chi connectivity index (χ3v) is 5.13. The largest absolute Gasteiger partial charge is 0.487 e. The fraction of sp³-hybridized carbons (Fsp3) is 0.0800. The first-order valence-electron chi connectivity index (χ1n) is 9.51. The van der Waals surface area contributed by atoms with E-state index in [0.29, 0.717) is 32.6 Å². The number of anilines is 1. The highest BCUT2D eigenvalue weighted by Gasteiger charge is 2.12. The molecule has 7 heteroatoms. The van der Waals surface area contributed by atoms with Crippen molar-refractivity contribution in [1.82, 2.24) is 0 Å². The average Bonchev–Trinajstić information content (AvgIpc) is 2.79. The second kappa shape index (κ2) is 10.5. The average molecular weight is 462 g/mol. The molecule has 0 saturated heterocycles. The molecule has 0 atom stereocenters. The molecule has 0 aliphatic heterocycles. The number of benzene rings is 3. The lowest BCUT2D eigenvalue weighted by atomic mass is 10.1. The van der Waals surface area contributed by atoms with Crippen LogP contribution in [0.1, 0.15) is 22.3 Å². The van der Waals surface area contributed by atoms with Crippen molar-refractivity contribution in [1.29, 1.82) is 10.5 Å². The Balaban J connectivity index is 1.75. The lowest BCUT2D eigenvalue weighted by Gasteiger charge is -2.10. The van der Waals surface area contributed by atoms with Gasteiger partial charge >= 0.3 is 0 Å². The molecule has 0 spiro atoms. The molecule has 3 rings (SSSR count). The summed E-state index contributed by atoms with van der Waals surface area (Å²) in [7, 11) is 0. The van der Waals surface area contributed by atoms with Crippen molar-refractivity contribution in [2.24, 2.45) is 0 Å². The van der Waals surface area contributed by atoms with Crippen LogP contribution in [-0.4, -0.2) is 5.91 Å². The number of rotatable bonds is 6. The van der Waals surface area contributed by atoms with Gasteiger partial charge in [0, 0.05) is 16.3 Å². The van der Waals surface area contributed by atoms with Crippen LogP contribution in [0.3, 0.4) is 0 Å². The summed E-state index contributed by atoms with van der Waals surface area (Å²) in [6, 6.07) is 21.2. The van der Waals surface area contributed by atoms with E-state index in [9.17, 15) is 15.3 Å². The molecule has 0 heterocycles. The molecular weight excluding hydrogens is 445 g/mol. The topological polar surface area (TPSA) is 85.9 Å². The van der Waals surface area contributed by atoms with Gasteiger partial charge in [-0.15, -0.1) is 0 Å². The van der Waals surface area contributed by atoms with Gasteiger partial charge in [0.15, 0.2) is 0 Å². The lowest BCUT2D eigenvalue weighted by Crippen LogP contribution is -2.14. The molecule has 158 valence electrons. The number of nitrogens with one attached hydrogen (secondary N) is 1. The highest BCUT2D eigenvalue weighted by Crippen LogP contribution is 2.28. The molecule has 5 nitrogen and oxygen atoms in total. The minimum Gasteiger partial charge on any atom is -0.487 e. The Hall–Kier alpha value is -3.77. The summed E-state index contributed by atoms with van der Waals surface area (Å²) >= 11 is 12.3. The van der Waals surface area contributed by atoms with Crippen LogP contribution in [0.25, 0.3) is 6.08 Å². The number of carbonyl (C=O) groups is 1. The van der Waals surface area contributed by atoms with Crippen LogP contribution < -0.4 is 10.1 Å². The van der Waals surface area contributed by atoms with Crippen LogP contribution in [-0.2, 0) is 11.4 Å². The van der Waals surface area contributed by atoms with Gasteiger partial charge in [0.2, 0.25) is 0 Å². The zero-order valence-electron chi connectivity index (χ0n) is 17.0. The van der Waals surface area contributed by atoms with E-state index in [1.165, 1.54) is 6.08 Å². The molecule has 0 aliphatic carbocycles. The number of nitriles is 2. The Kier molecular flexibility index (Phi) is 7.52. The van der Waals surface area contributed by atoms with Gasteiger partial charge in [-0.3, -0.25) is 4.79 Å².